The predicted molar refractivity (Wildman–Crippen MR) is 210 cm³/mol. The first-order chi connectivity index (χ1) is 23.9. The molecule has 0 aliphatic heterocycles. The fraction of sp³-hybridized carbons (Fsp3) is 0.739. The van der Waals surface area contributed by atoms with Crippen molar-refractivity contribution in [3.8, 4) is 0 Å². The molecule has 6 rings (SSSR count). The highest BCUT2D eigenvalue weighted by Gasteiger charge is 2.40. The van der Waals surface area contributed by atoms with Crippen molar-refractivity contribution in [3.05, 3.63) is 68.8 Å². The summed E-state index contributed by atoms with van der Waals surface area (Å²) in [5, 5.41) is 0. The number of hydrogen-bond donors (Lipinski definition) is 0. The molecule has 4 fully saturated rings. The Morgan fingerprint density at radius 2 is 0.860 bits per heavy atom. The van der Waals surface area contributed by atoms with E-state index in [0.717, 1.165) is 60.6 Å². The minimum absolute atomic E-state index is 0.109. The maximum absolute atomic E-state index is 15.8. The Morgan fingerprint density at radius 3 is 1.28 bits per heavy atom. The maximum atomic E-state index is 15.8. The van der Waals surface area contributed by atoms with Gasteiger partial charge in [-0.15, -0.1) is 0 Å². The molecule has 0 bridgehead atoms. The quantitative estimate of drug-likeness (QED) is 0.208. The zero-order valence-corrected chi connectivity index (χ0v) is 33.7. The van der Waals surface area contributed by atoms with Gasteiger partial charge in [0.1, 0.15) is 0 Å². The highest BCUT2D eigenvalue weighted by Crippen LogP contribution is 2.43. The van der Waals surface area contributed by atoms with Crippen LogP contribution in [0.5, 0.6) is 0 Å². The predicted octanol–water partition coefficient (Wildman–Crippen LogP) is 14.0. The van der Waals surface area contributed by atoms with Crippen molar-refractivity contribution in [3.63, 3.8) is 0 Å². The summed E-state index contributed by atoms with van der Waals surface area (Å²) in [6.07, 6.45) is 21.0. The third kappa shape index (κ3) is 10.2. The second-order valence-electron chi connectivity index (χ2n) is 18.0. The molecular formula is C46H67BrF2O. The van der Waals surface area contributed by atoms with Crippen LogP contribution in [0.15, 0.2) is 24.3 Å². The van der Waals surface area contributed by atoms with Crippen LogP contribution in [0.25, 0.3) is 0 Å². The molecule has 0 saturated heterocycles. The fourth-order valence-corrected chi connectivity index (χ4v) is 11.5. The van der Waals surface area contributed by atoms with Crippen LogP contribution in [0, 0.1) is 70.1 Å². The number of halogens is 3. The molecule has 0 radical (unpaired) electrons. The molecule has 0 spiro atoms. The second-order valence-corrected chi connectivity index (χ2v) is 19.3. The fourth-order valence-electron chi connectivity index (χ4n) is 10.9. The number of aryl methyl sites for hydroxylation is 4. The normalized spacial score (nSPS) is 31.1. The first-order valence-corrected chi connectivity index (χ1v) is 21.7. The first kappa shape index (κ1) is 38.5. The van der Waals surface area contributed by atoms with Crippen molar-refractivity contribution in [2.45, 2.75) is 180 Å². The van der Waals surface area contributed by atoms with Gasteiger partial charge in [0.2, 0.25) is 0 Å². The van der Waals surface area contributed by atoms with Crippen LogP contribution in [-0.4, -0.2) is 10.9 Å². The second kappa shape index (κ2) is 17.3. The summed E-state index contributed by atoms with van der Waals surface area (Å²) in [6.45, 7) is 10.5. The van der Waals surface area contributed by atoms with Crippen LogP contribution < -0.4 is 0 Å². The van der Waals surface area contributed by atoms with E-state index in [9.17, 15) is 0 Å². The largest absolute Gasteiger partial charge is 0.384 e. The molecule has 4 saturated carbocycles. The number of alkyl halides is 3. The third-order valence-electron chi connectivity index (χ3n) is 14.1. The average molecular weight is 754 g/mol. The molecule has 4 aliphatic carbocycles. The van der Waals surface area contributed by atoms with E-state index in [1.165, 1.54) is 124 Å². The van der Waals surface area contributed by atoms with E-state index in [-0.39, 0.29) is 11.7 Å². The van der Waals surface area contributed by atoms with E-state index in [1.807, 2.05) is 26.0 Å². The summed E-state index contributed by atoms with van der Waals surface area (Å²) in [6, 6.07) is 8.89. The van der Waals surface area contributed by atoms with Gasteiger partial charge in [-0.1, -0.05) is 65.9 Å². The Labute approximate surface area is 312 Å². The van der Waals surface area contributed by atoms with Crippen molar-refractivity contribution in [1.29, 1.82) is 0 Å². The molecule has 0 aromatic heterocycles. The monoisotopic (exact) mass is 752 g/mol. The number of rotatable bonds is 11. The van der Waals surface area contributed by atoms with Crippen molar-refractivity contribution < 1.29 is 13.5 Å². The van der Waals surface area contributed by atoms with Crippen molar-refractivity contribution in [2.75, 3.05) is 0 Å². The van der Waals surface area contributed by atoms with Crippen LogP contribution in [-0.2, 0) is 23.7 Å². The molecule has 1 nitrogen and oxygen atoms in total. The summed E-state index contributed by atoms with van der Waals surface area (Å²) in [7, 11) is 0. The van der Waals surface area contributed by atoms with Gasteiger partial charge in [-0.25, -0.2) is 0 Å². The van der Waals surface area contributed by atoms with Crippen molar-refractivity contribution in [2.24, 2.45) is 35.5 Å². The van der Waals surface area contributed by atoms with Gasteiger partial charge in [0.25, 0.3) is 0 Å². The number of hydrogen-bond acceptors (Lipinski definition) is 1. The molecule has 0 amide bonds. The molecule has 0 N–H and O–H groups in total. The zero-order chi connectivity index (χ0) is 35.4. The van der Waals surface area contributed by atoms with Gasteiger partial charge < -0.3 is 4.74 Å². The molecule has 0 heterocycles. The zero-order valence-electron chi connectivity index (χ0n) is 32.1. The number of ether oxygens (including phenoxy) is 1. The first-order valence-electron chi connectivity index (χ1n) is 20.8. The van der Waals surface area contributed by atoms with E-state index in [2.05, 4.69) is 48.8 Å². The molecule has 0 unspecified atom stereocenters. The Bertz CT molecular complexity index is 1340. The van der Waals surface area contributed by atoms with Crippen molar-refractivity contribution in [1.82, 2.24) is 0 Å². The van der Waals surface area contributed by atoms with Gasteiger partial charge in [-0.05, 0) is 212 Å². The summed E-state index contributed by atoms with van der Waals surface area (Å²) in [4.78, 5) is 0.745. The standard InChI is InChI=1S/C46H67BrF2O/c1-30-22-41(23-31(2)34(30)5)28-37-10-8-36(9-11-37)27-40-16-20-44(21-17-40)50-46(48,49)45-32(3)24-42(25-33(45)4)29-38-12-6-35(7-13-38)26-39-14-18-43(47)19-15-39/h22-25,35-40,43-44H,6-21,26-29H2,1-5H3. The SMILES string of the molecule is Cc1cc(CC2CCC(CC3CCC(OC(F)(F)c4c(C)cc(CC5CCC(CC6CCC(Br)CC6)CC5)cc4C)CC3)CC2)cc(C)c1C. The van der Waals surface area contributed by atoms with E-state index < -0.39 is 6.11 Å². The van der Waals surface area contributed by atoms with Crippen LogP contribution in [0.2, 0.25) is 0 Å². The van der Waals surface area contributed by atoms with Gasteiger partial charge in [-0.2, -0.15) is 8.78 Å². The van der Waals surface area contributed by atoms with Gasteiger partial charge in [-0.3, -0.25) is 0 Å². The van der Waals surface area contributed by atoms with E-state index >= 15 is 8.78 Å². The molecule has 2 aromatic rings. The molecule has 278 valence electrons. The Balaban J connectivity index is 0.917. The highest BCUT2D eigenvalue weighted by atomic mass is 79.9. The van der Waals surface area contributed by atoms with Gasteiger partial charge in [0.05, 0.1) is 11.7 Å². The van der Waals surface area contributed by atoms with Crippen LogP contribution >= 0.6 is 15.9 Å². The summed E-state index contributed by atoms with van der Waals surface area (Å²) >= 11 is 3.81. The van der Waals surface area contributed by atoms with Crippen LogP contribution in [0.4, 0.5) is 8.78 Å². The lowest BCUT2D eigenvalue weighted by Gasteiger charge is -2.35. The van der Waals surface area contributed by atoms with Crippen molar-refractivity contribution >= 4 is 15.9 Å². The summed E-state index contributed by atoms with van der Waals surface area (Å²) in [5.41, 5.74) is 8.51. The molecule has 50 heavy (non-hydrogen) atoms. The molecule has 4 aliphatic rings. The third-order valence-corrected chi connectivity index (χ3v) is 15.0. The smallest absolute Gasteiger partial charge is 0.313 e. The Kier molecular flexibility index (Phi) is 13.3. The van der Waals surface area contributed by atoms with E-state index in [0.29, 0.717) is 23.0 Å². The van der Waals surface area contributed by atoms with Gasteiger partial charge >= 0.3 is 6.11 Å². The summed E-state index contributed by atoms with van der Waals surface area (Å²) in [5.74, 6) is 4.78. The minimum atomic E-state index is -3.23. The van der Waals surface area contributed by atoms with E-state index in [4.69, 9.17) is 4.74 Å². The maximum Gasteiger partial charge on any atom is 0.384 e. The molecule has 4 heteroatoms. The lowest BCUT2D eigenvalue weighted by atomic mass is 9.73. The topological polar surface area (TPSA) is 9.23 Å². The van der Waals surface area contributed by atoms with Gasteiger partial charge in [0.15, 0.2) is 0 Å². The molecule has 0 atom stereocenters. The lowest BCUT2D eigenvalue weighted by Crippen LogP contribution is -2.31. The van der Waals surface area contributed by atoms with Crippen LogP contribution in [0.1, 0.15) is 160 Å². The highest BCUT2D eigenvalue weighted by molar-refractivity contribution is 9.09. The Morgan fingerprint density at radius 1 is 0.520 bits per heavy atom. The van der Waals surface area contributed by atoms with Gasteiger partial charge in [0, 0.05) is 4.83 Å². The summed E-state index contributed by atoms with van der Waals surface area (Å²) < 4.78 is 37.3. The Hall–Kier alpha value is -1.26. The minimum Gasteiger partial charge on any atom is -0.313 e. The van der Waals surface area contributed by atoms with E-state index in [1.54, 1.807) is 0 Å². The number of benzene rings is 2. The molecule has 2 aromatic carbocycles. The van der Waals surface area contributed by atoms with Crippen LogP contribution in [0.3, 0.4) is 0 Å². The average Bonchev–Trinajstić information content (AvgIpc) is 3.07. The lowest BCUT2D eigenvalue weighted by molar-refractivity contribution is -0.278. The molecular weight excluding hydrogens is 686 g/mol.